The van der Waals surface area contributed by atoms with Gasteiger partial charge in [-0.05, 0) is 11.6 Å². The molecule has 1 aromatic heterocycles. The Morgan fingerprint density at radius 1 is 1.38 bits per heavy atom. The van der Waals surface area contributed by atoms with Gasteiger partial charge in [0.2, 0.25) is 5.89 Å². The third-order valence-corrected chi connectivity index (χ3v) is 2.44. The summed E-state index contributed by atoms with van der Waals surface area (Å²) in [5.41, 5.74) is 0.922. The largest absolute Gasteiger partial charge is 0.339 e. The van der Waals surface area contributed by atoms with Gasteiger partial charge in [-0.2, -0.15) is 4.98 Å². The summed E-state index contributed by atoms with van der Waals surface area (Å²) in [4.78, 5) is 14.3. The summed E-state index contributed by atoms with van der Waals surface area (Å²) in [5.74, 6) is 0.863. The Bertz CT molecular complexity index is 496. The summed E-state index contributed by atoms with van der Waals surface area (Å²) in [6, 6.07) is 7.45. The standard InChI is InChI=1S/C11H9ClN2O2/c12-9-4-2-1-3-8(9)7-11-13-10(5-6-15)14-16-11/h1-4,6H,5,7H2. The second-order valence-corrected chi connectivity index (χ2v) is 3.65. The van der Waals surface area contributed by atoms with Crippen LogP contribution >= 0.6 is 11.6 Å². The maximum absolute atomic E-state index is 10.3. The predicted molar refractivity (Wildman–Crippen MR) is 58.3 cm³/mol. The molecule has 0 N–H and O–H groups in total. The number of hydrogen-bond acceptors (Lipinski definition) is 4. The van der Waals surface area contributed by atoms with Gasteiger partial charge in [-0.25, -0.2) is 0 Å². The molecule has 2 aromatic rings. The van der Waals surface area contributed by atoms with Crippen LogP contribution in [-0.4, -0.2) is 16.4 Å². The molecule has 0 amide bonds. The molecule has 5 heteroatoms. The topological polar surface area (TPSA) is 56.0 Å². The van der Waals surface area contributed by atoms with Gasteiger partial charge in [-0.15, -0.1) is 0 Å². The lowest BCUT2D eigenvalue weighted by molar-refractivity contribution is -0.107. The van der Waals surface area contributed by atoms with E-state index < -0.39 is 0 Å². The van der Waals surface area contributed by atoms with E-state index in [9.17, 15) is 4.79 Å². The molecule has 0 saturated carbocycles. The lowest BCUT2D eigenvalue weighted by Gasteiger charge is -1.98. The monoisotopic (exact) mass is 236 g/mol. The van der Waals surface area contributed by atoms with E-state index in [0.29, 0.717) is 23.2 Å². The highest BCUT2D eigenvalue weighted by Crippen LogP contribution is 2.17. The summed E-state index contributed by atoms with van der Waals surface area (Å²) in [5, 5.41) is 4.34. The second-order valence-electron chi connectivity index (χ2n) is 3.24. The first-order valence-corrected chi connectivity index (χ1v) is 5.16. The number of halogens is 1. The van der Waals surface area contributed by atoms with Crippen molar-refractivity contribution in [3.63, 3.8) is 0 Å². The number of nitrogens with zero attached hydrogens (tertiary/aromatic N) is 2. The fourth-order valence-electron chi connectivity index (χ4n) is 1.32. The normalized spacial score (nSPS) is 10.3. The van der Waals surface area contributed by atoms with E-state index in [1.54, 1.807) is 6.07 Å². The van der Waals surface area contributed by atoms with E-state index in [-0.39, 0.29) is 6.42 Å². The number of aldehydes is 1. The lowest BCUT2D eigenvalue weighted by atomic mass is 10.1. The molecule has 4 nitrogen and oxygen atoms in total. The minimum absolute atomic E-state index is 0.173. The Labute approximate surface area is 97.2 Å². The Morgan fingerprint density at radius 2 is 2.19 bits per heavy atom. The van der Waals surface area contributed by atoms with Crippen LogP contribution in [0, 0.1) is 0 Å². The van der Waals surface area contributed by atoms with Crippen molar-refractivity contribution < 1.29 is 9.32 Å². The van der Waals surface area contributed by atoms with Crippen molar-refractivity contribution in [1.82, 2.24) is 10.1 Å². The molecule has 0 atom stereocenters. The number of carbonyl (C=O) groups excluding carboxylic acids is 1. The molecule has 0 radical (unpaired) electrons. The molecule has 0 aliphatic carbocycles. The summed E-state index contributed by atoms with van der Waals surface area (Å²) < 4.78 is 5.00. The highest BCUT2D eigenvalue weighted by molar-refractivity contribution is 6.31. The summed E-state index contributed by atoms with van der Waals surface area (Å²) in [6.45, 7) is 0. The fraction of sp³-hybridized carbons (Fsp3) is 0.182. The molecule has 0 aliphatic heterocycles. The Morgan fingerprint density at radius 3 is 2.94 bits per heavy atom. The number of carbonyl (C=O) groups is 1. The minimum Gasteiger partial charge on any atom is -0.339 e. The van der Waals surface area contributed by atoms with Gasteiger partial charge in [0.05, 0.1) is 12.8 Å². The number of rotatable bonds is 4. The zero-order valence-corrected chi connectivity index (χ0v) is 9.15. The van der Waals surface area contributed by atoms with Crippen molar-refractivity contribution in [2.24, 2.45) is 0 Å². The number of hydrogen-bond donors (Lipinski definition) is 0. The van der Waals surface area contributed by atoms with E-state index in [1.807, 2.05) is 18.2 Å². The van der Waals surface area contributed by atoms with Crippen LogP contribution in [0.15, 0.2) is 28.8 Å². The molecule has 0 spiro atoms. The van der Waals surface area contributed by atoms with E-state index in [0.717, 1.165) is 11.8 Å². The first-order valence-electron chi connectivity index (χ1n) is 4.78. The Balaban J connectivity index is 2.14. The molecule has 0 bridgehead atoms. The van der Waals surface area contributed by atoms with Gasteiger partial charge in [0.1, 0.15) is 6.29 Å². The maximum atomic E-state index is 10.3. The molecule has 82 valence electrons. The van der Waals surface area contributed by atoms with Crippen LogP contribution in [-0.2, 0) is 17.6 Å². The Kier molecular flexibility index (Phi) is 3.31. The van der Waals surface area contributed by atoms with Crippen molar-refractivity contribution in [2.45, 2.75) is 12.8 Å². The molecule has 2 rings (SSSR count). The third-order valence-electron chi connectivity index (χ3n) is 2.08. The fourth-order valence-corrected chi connectivity index (χ4v) is 1.53. The second kappa shape index (κ2) is 4.90. The van der Waals surface area contributed by atoms with E-state index in [1.165, 1.54) is 0 Å². The molecule has 1 aromatic carbocycles. The molecule has 1 heterocycles. The Hall–Kier alpha value is -1.68. The molecular formula is C11H9ClN2O2. The molecule has 0 unspecified atom stereocenters. The van der Waals surface area contributed by atoms with Crippen LogP contribution in [0.1, 0.15) is 17.3 Å². The van der Waals surface area contributed by atoms with Crippen molar-refractivity contribution in [1.29, 1.82) is 0 Å². The van der Waals surface area contributed by atoms with Crippen molar-refractivity contribution >= 4 is 17.9 Å². The van der Waals surface area contributed by atoms with Gasteiger partial charge >= 0.3 is 0 Å². The zero-order chi connectivity index (χ0) is 11.4. The maximum Gasteiger partial charge on any atom is 0.231 e. The van der Waals surface area contributed by atoms with Crippen molar-refractivity contribution in [2.75, 3.05) is 0 Å². The van der Waals surface area contributed by atoms with E-state index >= 15 is 0 Å². The third kappa shape index (κ3) is 2.46. The highest BCUT2D eigenvalue weighted by Gasteiger charge is 2.08. The van der Waals surface area contributed by atoms with E-state index in [4.69, 9.17) is 16.1 Å². The van der Waals surface area contributed by atoms with Gasteiger partial charge in [-0.3, -0.25) is 0 Å². The number of benzene rings is 1. The molecule has 0 fully saturated rings. The summed E-state index contributed by atoms with van der Waals surface area (Å²) >= 11 is 6.00. The van der Waals surface area contributed by atoms with Crippen LogP contribution in [0.4, 0.5) is 0 Å². The van der Waals surface area contributed by atoms with Crippen LogP contribution < -0.4 is 0 Å². The van der Waals surface area contributed by atoms with Gasteiger partial charge < -0.3 is 9.32 Å². The highest BCUT2D eigenvalue weighted by atomic mass is 35.5. The minimum atomic E-state index is 0.173. The summed E-state index contributed by atoms with van der Waals surface area (Å²) in [7, 11) is 0. The first-order chi connectivity index (χ1) is 7.79. The first kappa shape index (κ1) is 10.8. The van der Waals surface area contributed by atoms with Gasteiger partial charge in [-0.1, -0.05) is 35.0 Å². The van der Waals surface area contributed by atoms with Gasteiger partial charge in [0.15, 0.2) is 5.82 Å². The predicted octanol–water partition coefficient (Wildman–Crippen LogP) is 2.06. The average Bonchev–Trinajstić information content (AvgIpc) is 2.70. The molecule has 0 aliphatic rings. The SMILES string of the molecule is O=CCc1noc(Cc2ccccc2Cl)n1. The smallest absolute Gasteiger partial charge is 0.231 e. The van der Waals surface area contributed by atoms with Crippen molar-refractivity contribution in [3.8, 4) is 0 Å². The van der Waals surface area contributed by atoms with Crippen LogP contribution in [0.5, 0.6) is 0 Å². The van der Waals surface area contributed by atoms with Gasteiger partial charge in [0, 0.05) is 5.02 Å². The van der Waals surface area contributed by atoms with Crippen LogP contribution in [0.2, 0.25) is 5.02 Å². The zero-order valence-electron chi connectivity index (χ0n) is 8.39. The van der Waals surface area contributed by atoms with Gasteiger partial charge in [0.25, 0.3) is 0 Å². The molecule has 0 saturated heterocycles. The molecule has 16 heavy (non-hydrogen) atoms. The average molecular weight is 237 g/mol. The quantitative estimate of drug-likeness (QED) is 0.763. The van der Waals surface area contributed by atoms with E-state index in [2.05, 4.69) is 10.1 Å². The van der Waals surface area contributed by atoms with Crippen LogP contribution in [0.25, 0.3) is 0 Å². The summed E-state index contributed by atoms with van der Waals surface area (Å²) in [6.07, 6.45) is 1.39. The molecular weight excluding hydrogens is 228 g/mol. The van der Waals surface area contributed by atoms with Crippen LogP contribution in [0.3, 0.4) is 0 Å². The lowest BCUT2D eigenvalue weighted by Crippen LogP contribution is -1.91. The van der Waals surface area contributed by atoms with Crippen molar-refractivity contribution in [3.05, 3.63) is 46.6 Å². The number of aromatic nitrogens is 2.